The lowest BCUT2D eigenvalue weighted by atomic mass is 10.2. The van der Waals surface area contributed by atoms with Crippen LogP contribution in [0.1, 0.15) is 5.56 Å². The van der Waals surface area contributed by atoms with Crippen molar-refractivity contribution in [1.82, 2.24) is 14.8 Å². The Balaban J connectivity index is 2.34. The number of nitrogens with zero attached hydrogens (tertiary/aromatic N) is 2. The fraction of sp³-hybridized carbons (Fsp3) is 0.100. The molecule has 1 heterocycles. The van der Waals surface area contributed by atoms with E-state index in [1.54, 1.807) is 0 Å². The van der Waals surface area contributed by atoms with Crippen molar-refractivity contribution in [2.45, 2.75) is 6.54 Å². The second kappa shape index (κ2) is 4.60. The molecule has 0 atom stereocenters. The maximum atomic E-state index is 11.4. The summed E-state index contributed by atoms with van der Waals surface area (Å²) in [5, 5.41) is 3.76. The van der Waals surface area contributed by atoms with E-state index in [0.717, 1.165) is 15.3 Å². The van der Waals surface area contributed by atoms with Gasteiger partial charge in [0.1, 0.15) is 6.20 Å². The van der Waals surface area contributed by atoms with Crippen LogP contribution in [0.4, 0.5) is 0 Å². The van der Waals surface area contributed by atoms with E-state index >= 15 is 0 Å². The van der Waals surface area contributed by atoms with E-state index in [-0.39, 0.29) is 0 Å². The van der Waals surface area contributed by atoms with E-state index in [1.807, 2.05) is 24.3 Å². The van der Waals surface area contributed by atoms with Crippen LogP contribution in [0.3, 0.4) is 0 Å². The number of hydrogen-bond acceptors (Lipinski definition) is 3. The number of H-pyrrole nitrogens is 1. The zero-order valence-electron chi connectivity index (χ0n) is 8.18. The molecule has 6 heteroatoms. The number of hydrogen-bond donors (Lipinski definition) is 1. The van der Waals surface area contributed by atoms with Gasteiger partial charge < -0.3 is 0 Å². The number of aromatic amines is 1. The van der Waals surface area contributed by atoms with Gasteiger partial charge in [-0.2, -0.15) is 5.10 Å². The van der Waals surface area contributed by atoms with Gasteiger partial charge in [-0.15, -0.1) is 0 Å². The van der Waals surface area contributed by atoms with Crippen molar-refractivity contribution in [2.75, 3.05) is 0 Å². The Morgan fingerprint density at radius 2 is 2.19 bits per heavy atom. The summed E-state index contributed by atoms with van der Waals surface area (Å²) >= 11 is 2.20. The number of nitrogens with one attached hydrogen (secondary N) is 1. The molecule has 0 aliphatic heterocycles. The SMILES string of the molecule is O=c1cnn(Cc2cccc(I)c2)c(=O)[nH]1. The molecule has 1 aromatic carbocycles. The molecule has 2 rings (SSSR count). The molecule has 0 aliphatic carbocycles. The Hall–Kier alpha value is -1.44. The molecule has 1 aromatic heterocycles. The van der Waals surface area contributed by atoms with Crippen molar-refractivity contribution in [3.05, 3.63) is 60.4 Å². The van der Waals surface area contributed by atoms with Crippen molar-refractivity contribution in [3.8, 4) is 0 Å². The molecule has 0 spiro atoms. The van der Waals surface area contributed by atoms with Crippen molar-refractivity contribution < 1.29 is 0 Å². The third-order valence-corrected chi connectivity index (χ3v) is 2.67. The average molecular weight is 329 g/mol. The van der Waals surface area contributed by atoms with Crippen LogP contribution in [0.2, 0.25) is 0 Å². The monoisotopic (exact) mass is 329 g/mol. The molecule has 0 aliphatic rings. The summed E-state index contributed by atoms with van der Waals surface area (Å²) in [6.07, 6.45) is 1.09. The second-order valence-electron chi connectivity index (χ2n) is 3.23. The molecule has 0 radical (unpaired) electrons. The Kier molecular flexibility index (Phi) is 3.18. The maximum Gasteiger partial charge on any atom is 0.345 e. The zero-order valence-corrected chi connectivity index (χ0v) is 10.3. The minimum atomic E-state index is -0.494. The van der Waals surface area contributed by atoms with Crippen molar-refractivity contribution in [1.29, 1.82) is 0 Å². The third-order valence-electron chi connectivity index (χ3n) is 2.00. The van der Waals surface area contributed by atoms with E-state index in [9.17, 15) is 9.59 Å². The Morgan fingerprint density at radius 1 is 1.38 bits per heavy atom. The topological polar surface area (TPSA) is 67.8 Å². The lowest BCUT2D eigenvalue weighted by molar-refractivity contribution is 0.607. The molecule has 0 saturated heterocycles. The number of halogens is 1. The molecule has 16 heavy (non-hydrogen) atoms. The Morgan fingerprint density at radius 3 is 2.88 bits per heavy atom. The third kappa shape index (κ3) is 2.57. The highest BCUT2D eigenvalue weighted by Gasteiger charge is 2.00. The molecule has 2 aromatic rings. The largest absolute Gasteiger partial charge is 0.345 e. The Labute approximate surface area is 104 Å². The molecule has 0 unspecified atom stereocenters. The predicted molar refractivity (Wildman–Crippen MR) is 67.4 cm³/mol. The van der Waals surface area contributed by atoms with Crippen LogP contribution in [-0.4, -0.2) is 14.8 Å². The lowest BCUT2D eigenvalue weighted by Crippen LogP contribution is -2.31. The van der Waals surface area contributed by atoms with Crippen LogP contribution in [-0.2, 0) is 6.54 Å². The normalized spacial score (nSPS) is 10.3. The molecular weight excluding hydrogens is 321 g/mol. The summed E-state index contributed by atoms with van der Waals surface area (Å²) in [6, 6.07) is 7.74. The van der Waals surface area contributed by atoms with E-state index in [1.165, 1.54) is 4.68 Å². The second-order valence-corrected chi connectivity index (χ2v) is 4.47. The summed E-state index contributed by atoms with van der Waals surface area (Å²) in [4.78, 5) is 24.3. The highest BCUT2D eigenvalue weighted by molar-refractivity contribution is 14.1. The van der Waals surface area contributed by atoms with Crippen LogP contribution >= 0.6 is 22.6 Å². The smallest absolute Gasteiger partial charge is 0.271 e. The standard InChI is InChI=1S/C10H8IN3O2/c11-8-3-1-2-7(4-8)6-14-10(16)13-9(15)5-12-14/h1-5H,6H2,(H,13,15,16). The van der Waals surface area contributed by atoms with Gasteiger partial charge in [-0.25, -0.2) is 9.48 Å². The first kappa shape index (κ1) is 11.1. The van der Waals surface area contributed by atoms with E-state index in [0.29, 0.717) is 6.54 Å². The lowest BCUT2D eigenvalue weighted by Gasteiger charge is -2.03. The van der Waals surface area contributed by atoms with Gasteiger partial charge in [-0.05, 0) is 40.3 Å². The molecule has 1 N–H and O–H groups in total. The number of benzene rings is 1. The van der Waals surface area contributed by atoms with Crippen LogP contribution in [0, 0.1) is 3.57 Å². The van der Waals surface area contributed by atoms with Gasteiger partial charge in [-0.3, -0.25) is 9.78 Å². The molecule has 0 bridgehead atoms. The van der Waals surface area contributed by atoms with Gasteiger partial charge in [0.2, 0.25) is 0 Å². The number of rotatable bonds is 2. The highest BCUT2D eigenvalue weighted by atomic mass is 127. The van der Waals surface area contributed by atoms with E-state index in [4.69, 9.17) is 0 Å². The van der Waals surface area contributed by atoms with Crippen LogP contribution < -0.4 is 11.2 Å². The van der Waals surface area contributed by atoms with Gasteiger partial charge in [0.25, 0.3) is 5.56 Å². The molecule has 5 nitrogen and oxygen atoms in total. The minimum absolute atomic E-state index is 0.354. The van der Waals surface area contributed by atoms with Crippen LogP contribution in [0.5, 0.6) is 0 Å². The van der Waals surface area contributed by atoms with Gasteiger partial charge >= 0.3 is 5.69 Å². The molecule has 0 amide bonds. The number of aromatic nitrogens is 3. The van der Waals surface area contributed by atoms with E-state index in [2.05, 4.69) is 32.7 Å². The van der Waals surface area contributed by atoms with Gasteiger partial charge in [0.05, 0.1) is 6.54 Å². The summed E-state index contributed by atoms with van der Waals surface area (Å²) in [5.74, 6) is 0. The van der Waals surface area contributed by atoms with Crippen LogP contribution in [0.25, 0.3) is 0 Å². The summed E-state index contributed by atoms with van der Waals surface area (Å²) in [5.41, 5.74) is -0.0104. The maximum absolute atomic E-state index is 11.4. The molecular formula is C10H8IN3O2. The summed E-state index contributed by atoms with van der Waals surface area (Å²) in [7, 11) is 0. The van der Waals surface area contributed by atoms with Crippen molar-refractivity contribution in [3.63, 3.8) is 0 Å². The molecule has 82 valence electrons. The predicted octanol–water partition coefficient (Wildman–Crippen LogP) is 0.585. The fourth-order valence-electron chi connectivity index (χ4n) is 1.30. The average Bonchev–Trinajstić information content (AvgIpc) is 2.22. The summed E-state index contributed by atoms with van der Waals surface area (Å²) in [6.45, 7) is 0.354. The van der Waals surface area contributed by atoms with E-state index < -0.39 is 11.2 Å². The molecule has 0 fully saturated rings. The first-order valence-electron chi connectivity index (χ1n) is 4.56. The fourth-order valence-corrected chi connectivity index (χ4v) is 1.91. The van der Waals surface area contributed by atoms with Crippen molar-refractivity contribution >= 4 is 22.6 Å². The van der Waals surface area contributed by atoms with Gasteiger partial charge in [0.15, 0.2) is 0 Å². The van der Waals surface area contributed by atoms with Gasteiger partial charge in [-0.1, -0.05) is 12.1 Å². The highest BCUT2D eigenvalue weighted by Crippen LogP contribution is 2.07. The molecule has 0 saturated carbocycles. The Bertz CT molecular complexity index is 618. The van der Waals surface area contributed by atoms with Crippen molar-refractivity contribution in [2.24, 2.45) is 0 Å². The zero-order chi connectivity index (χ0) is 11.5. The van der Waals surface area contributed by atoms with Crippen LogP contribution in [0.15, 0.2) is 40.1 Å². The first-order valence-corrected chi connectivity index (χ1v) is 5.64. The summed E-state index contributed by atoms with van der Waals surface area (Å²) < 4.78 is 2.31. The minimum Gasteiger partial charge on any atom is -0.271 e. The first-order chi connectivity index (χ1) is 7.65. The quantitative estimate of drug-likeness (QED) is 0.820. The van der Waals surface area contributed by atoms with Gasteiger partial charge in [0, 0.05) is 3.57 Å².